The third-order valence-electron chi connectivity index (χ3n) is 2.84. The Morgan fingerprint density at radius 1 is 1.32 bits per heavy atom. The molecule has 22 heavy (non-hydrogen) atoms. The highest BCUT2D eigenvalue weighted by atomic mass is 79.9. The summed E-state index contributed by atoms with van der Waals surface area (Å²) >= 11 is 3.43. The summed E-state index contributed by atoms with van der Waals surface area (Å²) in [6, 6.07) is 5.76. The van der Waals surface area contributed by atoms with Gasteiger partial charge in [0, 0.05) is 26.7 Å². The summed E-state index contributed by atoms with van der Waals surface area (Å²) in [6.07, 6.45) is -0.539. The maximum Gasteiger partial charge on any atom is 0.260 e. The molecule has 0 aromatic heterocycles. The normalized spacial score (nSPS) is 11.5. The van der Waals surface area contributed by atoms with Crippen molar-refractivity contribution >= 4 is 34.2 Å². The monoisotopic (exact) mass is 394 g/mol. The molecule has 0 radical (unpaired) electrons. The molecule has 2 N–H and O–H groups in total. The molecule has 1 aromatic carbocycles. The van der Waals surface area contributed by atoms with Crippen molar-refractivity contribution in [1.82, 2.24) is 10.6 Å². The lowest BCUT2D eigenvalue weighted by Crippen LogP contribution is -2.40. The largest absolute Gasteiger partial charge is 0.480 e. The quantitative estimate of drug-likeness (QED) is 0.630. The number of nitrogens with one attached hydrogen (secondary N) is 2. The fourth-order valence-corrected chi connectivity index (χ4v) is 2.25. The van der Waals surface area contributed by atoms with Crippen LogP contribution in [-0.4, -0.2) is 45.4 Å². The molecule has 7 heteroatoms. The van der Waals surface area contributed by atoms with Crippen LogP contribution in [0.25, 0.3) is 0 Å². The Hall–Kier alpha value is -0.820. The highest BCUT2D eigenvalue weighted by Gasteiger charge is 2.15. The molecule has 0 saturated carbocycles. The van der Waals surface area contributed by atoms with E-state index in [1.165, 1.54) is 0 Å². The van der Waals surface area contributed by atoms with Crippen LogP contribution in [0.4, 0.5) is 0 Å². The summed E-state index contributed by atoms with van der Waals surface area (Å²) in [7, 11) is 1.66. The number of ether oxygens (including phenoxy) is 2. The van der Waals surface area contributed by atoms with Crippen LogP contribution in [-0.2, 0) is 9.53 Å². The van der Waals surface area contributed by atoms with Crippen LogP contribution in [0.1, 0.15) is 12.5 Å². The summed E-state index contributed by atoms with van der Waals surface area (Å²) in [5.74, 6) is 0.539. The lowest BCUT2D eigenvalue weighted by Gasteiger charge is -2.16. The number of carbonyl (C=O) groups excluding carboxylic acids is 1. The van der Waals surface area contributed by atoms with Gasteiger partial charge in [-0.05, 0) is 47.5 Å². The van der Waals surface area contributed by atoms with Gasteiger partial charge < -0.3 is 20.1 Å². The van der Waals surface area contributed by atoms with Gasteiger partial charge in [-0.15, -0.1) is 12.4 Å². The van der Waals surface area contributed by atoms with Gasteiger partial charge in [0.15, 0.2) is 6.10 Å². The molecule has 0 heterocycles. The summed E-state index contributed by atoms with van der Waals surface area (Å²) in [5.41, 5.74) is 1.13. The minimum atomic E-state index is -0.539. The number of hydrogen-bond acceptors (Lipinski definition) is 4. The third-order valence-corrected chi connectivity index (χ3v) is 3.46. The maximum atomic E-state index is 11.9. The van der Waals surface area contributed by atoms with E-state index >= 15 is 0 Å². The van der Waals surface area contributed by atoms with E-state index in [2.05, 4.69) is 26.6 Å². The summed E-state index contributed by atoms with van der Waals surface area (Å²) < 4.78 is 11.4. The first-order valence-corrected chi connectivity index (χ1v) is 7.74. The predicted molar refractivity (Wildman–Crippen MR) is 94.0 cm³/mol. The van der Waals surface area contributed by atoms with Gasteiger partial charge in [-0.25, -0.2) is 0 Å². The average molecular weight is 396 g/mol. The minimum Gasteiger partial charge on any atom is -0.480 e. The zero-order chi connectivity index (χ0) is 15.7. The van der Waals surface area contributed by atoms with Crippen molar-refractivity contribution in [2.75, 3.05) is 33.4 Å². The number of amides is 1. The standard InChI is InChI=1S/C15H23BrN2O3.ClH/c1-11-4-5-14(13(16)10-11)21-12(2)15(19)18-7-6-17-8-9-20-3;/h4-5,10,12,17H,6-9H2,1-3H3,(H,18,19);1H. The van der Waals surface area contributed by atoms with Crippen LogP contribution >= 0.6 is 28.3 Å². The molecule has 0 saturated heterocycles. The van der Waals surface area contributed by atoms with Gasteiger partial charge in [-0.1, -0.05) is 6.07 Å². The zero-order valence-electron chi connectivity index (χ0n) is 13.1. The van der Waals surface area contributed by atoms with E-state index in [4.69, 9.17) is 9.47 Å². The van der Waals surface area contributed by atoms with Gasteiger partial charge in [0.2, 0.25) is 0 Å². The maximum absolute atomic E-state index is 11.9. The summed E-state index contributed by atoms with van der Waals surface area (Å²) in [4.78, 5) is 11.9. The number of benzene rings is 1. The number of hydrogen-bond donors (Lipinski definition) is 2. The van der Waals surface area contributed by atoms with Crippen molar-refractivity contribution in [1.29, 1.82) is 0 Å². The van der Waals surface area contributed by atoms with Gasteiger partial charge in [0.1, 0.15) is 5.75 Å². The Kier molecular flexibility index (Phi) is 11.3. The molecule has 1 aromatic rings. The summed E-state index contributed by atoms with van der Waals surface area (Å²) in [5, 5.41) is 5.99. The van der Waals surface area contributed by atoms with Gasteiger partial charge in [0.05, 0.1) is 11.1 Å². The molecular formula is C15H24BrClN2O3. The van der Waals surface area contributed by atoms with Crippen LogP contribution < -0.4 is 15.4 Å². The van der Waals surface area contributed by atoms with Crippen molar-refractivity contribution in [3.63, 3.8) is 0 Å². The molecule has 0 aliphatic heterocycles. The SMILES string of the molecule is COCCNCCNC(=O)C(C)Oc1ccc(C)cc1Br.Cl. The van der Waals surface area contributed by atoms with E-state index in [-0.39, 0.29) is 18.3 Å². The molecule has 0 aliphatic rings. The van der Waals surface area contributed by atoms with Crippen LogP contribution in [0, 0.1) is 6.92 Å². The Bertz CT molecular complexity index is 460. The molecule has 0 fully saturated rings. The van der Waals surface area contributed by atoms with Gasteiger partial charge in [0.25, 0.3) is 5.91 Å². The van der Waals surface area contributed by atoms with Crippen molar-refractivity contribution in [3.05, 3.63) is 28.2 Å². The van der Waals surface area contributed by atoms with Crippen molar-refractivity contribution in [2.45, 2.75) is 20.0 Å². The molecule has 126 valence electrons. The second kappa shape index (κ2) is 11.7. The fraction of sp³-hybridized carbons (Fsp3) is 0.533. The predicted octanol–water partition coefficient (Wildman–Crippen LogP) is 2.30. The number of methoxy groups -OCH3 is 1. The van der Waals surface area contributed by atoms with Crippen molar-refractivity contribution < 1.29 is 14.3 Å². The average Bonchev–Trinajstić information content (AvgIpc) is 2.45. The van der Waals surface area contributed by atoms with Gasteiger partial charge in [-0.2, -0.15) is 0 Å². The molecule has 1 rings (SSSR count). The Balaban J connectivity index is 0.00000441. The first kappa shape index (κ1) is 21.2. The Labute approximate surface area is 146 Å². The first-order valence-electron chi connectivity index (χ1n) is 6.94. The fourth-order valence-electron chi connectivity index (χ4n) is 1.66. The number of halogens is 2. The van der Waals surface area contributed by atoms with Crippen molar-refractivity contribution in [3.8, 4) is 5.75 Å². The van der Waals surface area contributed by atoms with E-state index in [9.17, 15) is 4.79 Å². The second-order valence-electron chi connectivity index (χ2n) is 4.73. The lowest BCUT2D eigenvalue weighted by molar-refractivity contribution is -0.127. The van der Waals surface area contributed by atoms with Crippen LogP contribution in [0.2, 0.25) is 0 Å². The van der Waals surface area contributed by atoms with E-state index in [0.717, 1.165) is 16.6 Å². The molecule has 5 nitrogen and oxygen atoms in total. The van der Waals surface area contributed by atoms with E-state index in [0.29, 0.717) is 25.4 Å². The molecular weight excluding hydrogens is 372 g/mol. The minimum absolute atomic E-state index is 0. The van der Waals surface area contributed by atoms with Gasteiger partial charge >= 0.3 is 0 Å². The topological polar surface area (TPSA) is 59.6 Å². The highest BCUT2D eigenvalue weighted by Crippen LogP contribution is 2.26. The van der Waals surface area contributed by atoms with Crippen LogP contribution in [0.5, 0.6) is 5.75 Å². The molecule has 0 spiro atoms. The summed E-state index contributed by atoms with van der Waals surface area (Å²) in [6.45, 7) is 6.44. The third kappa shape index (κ3) is 7.98. The molecule has 0 aliphatic carbocycles. The number of rotatable bonds is 9. The Morgan fingerprint density at radius 3 is 2.68 bits per heavy atom. The first-order chi connectivity index (χ1) is 10.0. The Morgan fingerprint density at radius 2 is 2.05 bits per heavy atom. The van der Waals surface area contributed by atoms with E-state index in [1.807, 2.05) is 25.1 Å². The molecule has 0 bridgehead atoms. The second-order valence-corrected chi connectivity index (χ2v) is 5.58. The molecule has 1 amide bonds. The van der Waals surface area contributed by atoms with Crippen LogP contribution in [0.15, 0.2) is 22.7 Å². The van der Waals surface area contributed by atoms with Gasteiger partial charge in [-0.3, -0.25) is 4.79 Å². The van der Waals surface area contributed by atoms with Crippen LogP contribution in [0.3, 0.4) is 0 Å². The van der Waals surface area contributed by atoms with Crippen molar-refractivity contribution in [2.24, 2.45) is 0 Å². The van der Waals surface area contributed by atoms with E-state index < -0.39 is 6.10 Å². The number of carbonyl (C=O) groups is 1. The smallest absolute Gasteiger partial charge is 0.260 e. The molecule has 1 atom stereocenters. The lowest BCUT2D eigenvalue weighted by atomic mass is 10.2. The molecule has 1 unspecified atom stereocenters. The highest BCUT2D eigenvalue weighted by molar-refractivity contribution is 9.10. The zero-order valence-corrected chi connectivity index (χ0v) is 15.6. The van der Waals surface area contributed by atoms with E-state index in [1.54, 1.807) is 14.0 Å². The number of aryl methyl sites for hydroxylation is 1.